The summed E-state index contributed by atoms with van der Waals surface area (Å²) in [6.45, 7) is 6.84. The normalized spacial score (nSPS) is 17.5. The number of carboxylic acids is 1. The van der Waals surface area contributed by atoms with E-state index in [9.17, 15) is 14.7 Å². The molecule has 148 valence electrons. The minimum absolute atomic E-state index is 0.00369. The summed E-state index contributed by atoms with van der Waals surface area (Å²) >= 11 is 0. The molecule has 0 unspecified atom stereocenters. The van der Waals surface area contributed by atoms with Crippen molar-refractivity contribution in [2.45, 2.75) is 51.2 Å². The molecule has 2 aromatic rings. The second-order valence-corrected chi connectivity index (χ2v) is 8.23. The van der Waals surface area contributed by atoms with Gasteiger partial charge in [0.05, 0.1) is 19.1 Å². The molecular weight excluding hydrogens is 354 g/mol. The number of aliphatic carboxylic acids is 1. The molecule has 5 nitrogen and oxygen atoms in total. The van der Waals surface area contributed by atoms with Gasteiger partial charge in [-0.3, -0.25) is 9.59 Å². The molecule has 0 radical (unpaired) electrons. The standard InChI is InChI=1S/C23H27NO4/c1-23(2,3)17-10-8-16(9-11-17)19(14-20(25)26)24-22(27)21-18-7-5-4-6-15(18)12-13-28-21/h4-11,19,21H,12-14H2,1-3H3,(H,24,27)(H,25,26)/t19-,21-/m0/s1. The third kappa shape index (κ3) is 4.60. The van der Waals surface area contributed by atoms with Gasteiger partial charge in [-0.1, -0.05) is 69.3 Å². The van der Waals surface area contributed by atoms with Gasteiger partial charge >= 0.3 is 5.97 Å². The number of benzene rings is 2. The van der Waals surface area contributed by atoms with Crippen molar-refractivity contribution in [1.82, 2.24) is 5.32 Å². The Bertz CT molecular complexity index is 852. The van der Waals surface area contributed by atoms with E-state index in [0.29, 0.717) is 6.61 Å². The van der Waals surface area contributed by atoms with Crippen LogP contribution in [0.25, 0.3) is 0 Å². The zero-order valence-electron chi connectivity index (χ0n) is 16.6. The van der Waals surface area contributed by atoms with Crippen LogP contribution in [0.15, 0.2) is 48.5 Å². The molecule has 2 N–H and O–H groups in total. The molecule has 3 rings (SSSR count). The number of hydrogen-bond acceptors (Lipinski definition) is 3. The van der Waals surface area contributed by atoms with Crippen molar-refractivity contribution in [2.75, 3.05) is 6.61 Å². The highest BCUT2D eigenvalue weighted by molar-refractivity contribution is 5.84. The summed E-state index contributed by atoms with van der Waals surface area (Å²) in [5.41, 5.74) is 3.87. The molecule has 1 aliphatic heterocycles. The van der Waals surface area contributed by atoms with E-state index in [1.807, 2.05) is 48.5 Å². The summed E-state index contributed by atoms with van der Waals surface area (Å²) in [5.74, 6) is -1.27. The minimum atomic E-state index is -0.963. The smallest absolute Gasteiger partial charge is 0.305 e. The molecule has 1 amide bonds. The first-order valence-corrected chi connectivity index (χ1v) is 9.58. The second-order valence-electron chi connectivity index (χ2n) is 8.23. The first-order valence-electron chi connectivity index (χ1n) is 9.58. The largest absolute Gasteiger partial charge is 0.481 e. The maximum Gasteiger partial charge on any atom is 0.305 e. The Kier molecular flexibility index (Phi) is 5.84. The number of carbonyl (C=O) groups excluding carboxylic acids is 1. The van der Waals surface area contributed by atoms with Crippen LogP contribution in [0.1, 0.15) is 61.6 Å². The SMILES string of the molecule is CC(C)(C)c1ccc([C@H](CC(=O)O)NC(=O)[C@H]2OCCc3ccccc32)cc1. The van der Waals surface area contributed by atoms with Crippen molar-refractivity contribution in [2.24, 2.45) is 0 Å². The van der Waals surface area contributed by atoms with E-state index in [1.165, 1.54) is 0 Å². The Balaban J connectivity index is 1.82. The molecule has 0 spiro atoms. The second kappa shape index (κ2) is 8.15. The minimum Gasteiger partial charge on any atom is -0.481 e. The zero-order chi connectivity index (χ0) is 20.3. The first-order chi connectivity index (χ1) is 13.3. The van der Waals surface area contributed by atoms with E-state index < -0.39 is 18.1 Å². The van der Waals surface area contributed by atoms with Crippen molar-refractivity contribution in [1.29, 1.82) is 0 Å². The van der Waals surface area contributed by atoms with Gasteiger partial charge in [0.25, 0.3) is 5.91 Å². The van der Waals surface area contributed by atoms with Crippen LogP contribution in [-0.2, 0) is 26.2 Å². The molecule has 1 aliphatic rings. The molecule has 5 heteroatoms. The van der Waals surface area contributed by atoms with Crippen molar-refractivity contribution < 1.29 is 19.4 Å². The van der Waals surface area contributed by atoms with E-state index in [4.69, 9.17) is 4.74 Å². The van der Waals surface area contributed by atoms with Crippen LogP contribution in [0, 0.1) is 0 Å². The Morgan fingerprint density at radius 1 is 1.14 bits per heavy atom. The van der Waals surface area contributed by atoms with Crippen LogP contribution in [0.5, 0.6) is 0 Å². The fourth-order valence-electron chi connectivity index (χ4n) is 3.50. The highest BCUT2D eigenvalue weighted by Gasteiger charge is 2.29. The van der Waals surface area contributed by atoms with E-state index in [1.54, 1.807) is 0 Å². The molecular formula is C23H27NO4. The van der Waals surface area contributed by atoms with Gasteiger partial charge < -0.3 is 15.2 Å². The quantitative estimate of drug-likeness (QED) is 0.823. The average molecular weight is 381 g/mol. The number of ether oxygens (including phenoxy) is 1. The average Bonchev–Trinajstić information content (AvgIpc) is 2.66. The molecule has 0 aliphatic carbocycles. The topological polar surface area (TPSA) is 75.6 Å². The van der Waals surface area contributed by atoms with Gasteiger partial charge in [0.1, 0.15) is 0 Å². The summed E-state index contributed by atoms with van der Waals surface area (Å²) in [6, 6.07) is 14.9. The van der Waals surface area contributed by atoms with Crippen molar-refractivity contribution >= 4 is 11.9 Å². The summed E-state index contributed by atoms with van der Waals surface area (Å²) in [7, 11) is 0. The maximum absolute atomic E-state index is 12.9. The van der Waals surface area contributed by atoms with E-state index in [2.05, 4.69) is 26.1 Å². The van der Waals surface area contributed by atoms with Crippen LogP contribution in [0.4, 0.5) is 0 Å². The van der Waals surface area contributed by atoms with Crippen LogP contribution in [-0.4, -0.2) is 23.6 Å². The molecule has 28 heavy (non-hydrogen) atoms. The van der Waals surface area contributed by atoms with E-state index in [0.717, 1.165) is 28.7 Å². The lowest BCUT2D eigenvalue weighted by molar-refractivity contribution is -0.139. The third-order valence-corrected chi connectivity index (χ3v) is 5.11. The Hall–Kier alpha value is -2.66. The molecule has 2 aromatic carbocycles. The summed E-state index contributed by atoms with van der Waals surface area (Å²) in [5, 5.41) is 12.2. The third-order valence-electron chi connectivity index (χ3n) is 5.11. The van der Waals surface area contributed by atoms with Gasteiger partial charge in [-0.05, 0) is 34.1 Å². The first kappa shape index (κ1) is 20.1. The van der Waals surface area contributed by atoms with Gasteiger partial charge in [0, 0.05) is 0 Å². The van der Waals surface area contributed by atoms with Crippen LogP contribution >= 0.6 is 0 Å². The Morgan fingerprint density at radius 3 is 2.46 bits per heavy atom. The summed E-state index contributed by atoms with van der Waals surface area (Å²) in [4.78, 5) is 24.3. The predicted octanol–water partition coefficient (Wildman–Crippen LogP) is 3.93. The fourth-order valence-corrected chi connectivity index (χ4v) is 3.50. The highest BCUT2D eigenvalue weighted by atomic mass is 16.5. The number of hydrogen-bond donors (Lipinski definition) is 2. The van der Waals surface area contributed by atoms with Crippen molar-refractivity contribution in [3.05, 3.63) is 70.8 Å². The van der Waals surface area contributed by atoms with Gasteiger partial charge in [0.15, 0.2) is 6.10 Å². The van der Waals surface area contributed by atoms with E-state index >= 15 is 0 Å². The molecule has 0 bridgehead atoms. The Morgan fingerprint density at radius 2 is 1.82 bits per heavy atom. The van der Waals surface area contributed by atoms with Gasteiger partial charge in [-0.2, -0.15) is 0 Å². The number of carbonyl (C=O) groups is 2. The predicted molar refractivity (Wildman–Crippen MR) is 107 cm³/mol. The summed E-state index contributed by atoms with van der Waals surface area (Å²) < 4.78 is 5.71. The fraction of sp³-hybridized carbons (Fsp3) is 0.391. The number of carboxylic acid groups (broad SMARTS) is 1. The lowest BCUT2D eigenvalue weighted by atomic mass is 9.86. The van der Waals surface area contributed by atoms with E-state index in [-0.39, 0.29) is 17.7 Å². The lowest BCUT2D eigenvalue weighted by Crippen LogP contribution is -2.37. The molecule has 1 heterocycles. The molecule has 0 aromatic heterocycles. The number of rotatable bonds is 5. The molecule has 0 fully saturated rings. The van der Waals surface area contributed by atoms with Crippen LogP contribution in [0.3, 0.4) is 0 Å². The lowest BCUT2D eigenvalue weighted by Gasteiger charge is -2.27. The van der Waals surface area contributed by atoms with Crippen LogP contribution in [0.2, 0.25) is 0 Å². The molecule has 0 saturated carbocycles. The molecule has 2 atom stereocenters. The number of amides is 1. The summed E-state index contributed by atoms with van der Waals surface area (Å²) in [6.07, 6.45) is -0.128. The van der Waals surface area contributed by atoms with Crippen molar-refractivity contribution in [3.63, 3.8) is 0 Å². The zero-order valence-corrected chi connectivity index (χ0v) is 16.6. The van der Waals surface area contributed by atoms with Crippen LogP contribution < -0.4 is 5.32 Å². The monoisotopic (exact) mass is 381 g/mol. The van der Waals surface area contributed by atoms with Gasteiger partial charge in [0.2, 0.25) is 0 Å². The van der Waals surface area contributed by atoms with Gasteiger partial charge in [-0.15, -0.1) is 0 Å². The van der Waals surface area contributed by atoms with Crippen molar-refractivity contribution in [3.8, 4) is 0 Å². The van der Waals surface area contributed by atoms with Gasteiger partial charge in [-0.25, -0.2) is 0 Å². The maximum atomic E-state index is 12.9. The number of fused-ring (bicyclic) bond motifs is 1. The Labute approximate surface area is 165 Å². The molecule has 0 saturated heterocycles. The number of nitrogens with one attached hydrogen (secondary N) is 1. The highest BCUT2D eigenvalue weighted by Crippen LogP contribution is 2.29.